The summed E-state index contributed by atoms with van der Waals surface area (Å²) in [6.07, 6.45) is 3.52. The number of carbonyl (C=O) groups excluding carboxylic acids is 1. The van der Waals surface area contributed by atoms with E-state index >= 15 is 0 Å². The fourth-order valence-electron chi connectivity index (χ4n) is 2.34. The maximum Gasteiger partial charge on any atom is 0.337 e. The number of ether oxygens (including phenoxy) is 1. The van der Waals surface area contributed by atoms with Crippen molar-refractivity contribution in [1.29, 1.82) is 0 Å². The van der Waals surface area contributed by atoms with Gasteiger partial charge < -0.3 is 4.74 Å². The number of hydrogen-bond acceptors (Lipinski definition) is 5. The third-order valence-electron chi connectivity index (χ3n) is 3.76. The van der Waals surface area contributed by atoms with Gasteiger partial charge in [-0.05, 0) is 48.0 Å². The Labute approximate surface area is 151 Å². The largest absolute Gasteiger partial charge is 0.465 e. The monoisotopic (exact) mass is 371 g/mol. The number of methoxy groups -OCH3 is 1. The lowest BCUT2D eigenvalue weighted by Crippen LogP contribution is -2.23. The van der Waals surface area contributed by atoms with Gasteiger partial charge in [-0.25, -0.2) is 22.6 Å². The van der Waals surface area contributed by atoms with Gasteiger partial charge in [0.2, 0.25) is 10.0 Å². The number of nitrogens with one attached hydrogen (secondary N) is 1. The lowest BCUT2D eigenvalue weighted by molar-refractivity contribution is 0.0600. The Morgan fingerprint density at radius 1 is 1.12 bits per heavy atom. The van der Waals surface area contributed by atoms with E-state index in [9.17, 15) is 13.2 Å². The van der Waals surface area contributed by atoms with E-state index in [-0.39, 0.29) is 11.4 Å². The molecule has 8 heteroatoms. The molecule has 0 fully saturated rings. The van der Waals surface area contributed by atoms with Gasteiger partial charge in [0.15, 0.2) is 0 Å². The first-order valence-electron chi connectivity index (χ1n) is 7.76. The van der Waals surface area contributed by atoms with Crippen molar-refractivity contribution in [2.75, 3.05) is 7.11 Å². The lowest BCUT2D eigenvalue weighted by atomic mass is 10.2. The summed E-state index contributed by atoms with van der Waals surface area (Å²) in [4.78, 5) is 11.5. The molecule has 0 saturated carbocycles. The predicted octanol–water partition coefficient (Wildman–Crippen LogP) is 2.14. The first-order valence-corrected chi connectivity index (χ1v) is 9.25. The second-order valence-corrected chi connectivity index (χ2v) is 7.22. The zero-order valence-corrected chi connectivity index (χ0v) is 14.8. The van der Waals surface area contributed by atoms with Crippen molar-refractivity contribution in [2.24, 2.45) is 0 Å². The Balaban J connectivity index is 1.67. The normalized spacial score (nSPS) is 11.3. The van der Waals surface area contributed by atoms with Crippen molar-refractivity contribution in [3.63, 3.8) is 0 Å². The molecule has 26 heavy (non-hydrogen) atoms. The van der Waals surface area contributed by atoms with E-state index in [2.05, 4.69) is 14.6 Å². The van der Waals surface area contributed by atoms with E-state index in [4.69, 9.17) is 0 Å². The van der Waals surface area contributed by atoms with Crippen molar-refractivity contribution in [1.82, 2.24) is 14.5 Å². The summed E-state index contributed by atoms with van der Waals surface area (Å²) in [5.41, 5.74) is 2.00. The predicted molar refractivity (Wildman–Crippen MR) is 95.4 cm³/mol. The number of nitrogens with zero attached hydrogens (tertiary/aromatic N) is 2. The number of aromatic nitrogens is 2. The summed E-state index contributed by atoms with van der Waals surface area (Å²) in [6, 6.07) is 14.8. The Kier molecular flexibility index (Phi) is 5.15. The molecule has 0 spiro atoms. The van der Waals surface area contributed by atoms with Crippen LogP contribution in [0, 0.1) is 0 Å². The van der Waals surface area contributed by atoms with E-state index in [1.54, 1.807) is 10.9 Å². The van der Waals surface area contributed by atoms with Crippen molar-refractivity contribution in [2.45, 2.75) is 11.4 Å². The lowest BCUT2D eigenvalue weighted by Gasteiger charge is -2.08. The smallest absolute Gasteiger partial charge is 0.337 e. The van der Waals surface area contributed by atoms with Gasteiger partial charge in [0.05, 0.1) is 23.3 Å². The second-order valence-electron chi connectivity index (χ2n) is 5.46. The summed E-state index contributed by atoms with van der Waals surface area (Å²) in [5, 5.41) is 4.14. The summed E-state index contributed by atoms with van der Waals surface area (Å²) in [5.74, 6) is -0.515. The van der Waals surface area contributed by atoms with Crippen LogP contribution in [0.3, 0.4) is 0 Å². The summed E-state index contributed by atoms with van der Waals surface area (Å²) in [6.45, 7) is 0.153. The van der Waals surface area contributed by atoms with Crippen molar-refractivity contribution < 1.29 is 17.9 Å². The molecule has 0 bridgehead atoms. The minimum absolute atomic E-state index is 0.0818. The molecule has 0 radical (unpaired) electrons. The molecule has 134 valence electrons. The van der Waals surface area contributed by atoms with Crippen LogP contribution in [0.1, 0.15) is 15.9 Å². The van der Waals surface area contributed by atoms with Gasteiger partial charge in [-0.3, -0.25) is 0 Å². The highest BCUT2D eigenvalue weighted by molar-refractivity contribution is 7.89. The quantitative estimate of drug-likeness (QED) is 0.671. The molecule has 1 aromatic heterocycles. The van der Waals surface area contributed by atoms with Crippen molar-refractivity contribution in [3.05, 3.63) is 78.1 Å². The van der Waals surface area contributed by atoms with Crippen LogP contribution in [0.15, 0.2) is 71.9 Å². The number of benzene rings is 2. The maximum atomic E-state index is 12.4. The second kappa shape index (κ2) is 7.51. The molecule has 0 unspecified atom stereocenters. The topological polar surface area (TPSA) is 90.3 Å². The van der Waals surface area contributed by atoms with Crippen LogP contribution in [-0.4, -0.2) is 31.3 Å². The minimum atomic E-state index is -3.68. The highest BCUT2D eigenvalue weighted by Gasteiger charge is 2.15. The summed E-state index contributed by atoms with van der Waals surface area (Å²) in [7, 11) is -2.41. The standard InChI is InChI=1S/C18H17N3O4S/c1-25-18(22)15-5-9-17(10-6-15)26(23,24)20-13-14-3-7-16(8-4-14)21-12-2-11-19-21/h2-12,20H,13H2,1H3. The minimum Gasteiger partial charge on any atom is -0.465 e. The van der Waals surface area contributed by atoms with Gasteiger partial charge in [0.25, 0.3) is 0 Å². The zero-order valence-electron chi connectivity index (χ0n) is 14.0. The highest BCUT2D eigenvalue weighted by Crippen LogP contribution is 2.13. The van der Waals surface area contributed by atoms with Gasteiger partial charge in [-0.15, -0.1) is 0 Å². The van der Waals surface area contributed by atoms with Crippen LogP contribution in [0.2, 0.25) is 0 Å². The molecule has 3 rings (SSSR count). The van der Waals surface area contributed by atoms with Gasteiger partial charge >= 0.3 is 5.97 Å². The molecule has 0 amide bonds. The van der Waals surface area contributed by atoms with Crippen LogP contribution in [-0.2, 0) is 21.3 Å². The molecular formula is C18H17N3O4S. The fraction of sp³-hybridized carbons (Fsp3) is 0.111. The molecule has 0 aliphatic carbocycles. The maximum absolute atomic E-state index is 12.4. The highest BCUT2D eigenvalue weighted by atomic mass is 32.2. The van der Waals surface area contributed by atoms with Gasteiger partial charge in [0.1, 0.15) is 0 Å². The van der Waals surface area contributed by atoms with Crippen LogP contribution in [0.5, 0.6) is 0 Å². The first-order chi connectivity index (χ1) is 12.5. The Bertz CT molecular complexity index is 980. The summed E-state index contributed by atoms with van der Waals surface area (Å²) < 4.78 is 33.6. The van der Waals surface area contributed by atoms with Gasteiger partial charge in [-0.2, -0.15) is 5.10 Å². The van der Waals surface area contributed by atoms with E-state index in [0.717, 1.165) is 11.3 Å². The van der Waals surface area contributed by atoms with E-state index in [0.29, 0.717) is 5.56 Å². The number of sulfonamides is 1. The molecule has 0 atom stereocenters. The Morgan fingerprint density at radius 2 is 1.81 bits per heavy atom. The molecule has 0 aliphatic heterocycles. The van der Waals surface area contributed by atoms with E-state index in [1.165, 1.54) is 31.4 Å². The summed E-state index contributed by atoms with van der Waals surface area (Å²) >= 11 is 0. The number of carbonyl (C=O) groups is 1. The molecule has 1 heterocycles. The molecule has 7 nitrogen and oxygen atoms in total. The van der Waals surface area contributed by atoms with Gasteiger partial charge in [-0.1, -0.05) is 12.1 Å². The number of rotatable bonds is 6. The van der Waals surface area contributed by atoms with Crippen LogP contribution < -0.4 is 4.72 Å². The van der Waals surface area contributed by atoms with Crippen LogP contribution in [0.4, 0.5) is 0 Å². The van der Waals surface area contributed by atoms with Gasteiger partial charge in [0, 0.05) is 18.9 Å². The molecule has 0 aliphatic rings. The molecule has 0 saturated heterocycles. The molecular weight excluding hydrogens is 354 g/mol. The van der Waals surface area contributed by atoms with Crippen molar-refractivity contribution in [3.8, 4) is 5.69 Å². The molecule has 1 N–H and O–H groups in total. The molecule has 2 aromatic carbocycles. The molecule has 3 aromatic rings. The Morgan fingerprint density at radius 3 is 2.38 bits per heavy atom. The van der Waals surface area contributed by atoms with E-state index < -0.39 is 16.0 Å². The third-order valence-corrected chi connectivity index (χ3v) is 5.17. The number of esters is 1. The fourth-order valence-corrected chi connectivity index (χ4v) is 3.36. The number of hydrogen-bond donors (Lipinski definition) is 1. The first kappa shape index (κ1) is 17.8. The Hall–Kier alpha value is -2.97. The van der Waals surface area contributed by atoms with Crippen LogP contribution >= 0.6 is 0 Å². The SMILES string of the molecule is COC(=O)c1ccc(S(=O)(=O)NCc2ccc(-n3cccn3)cc2)cc1. The van der Waals surface area contributed by atoms with Crippen molar-refractivity contribution >= 4 is 16.0 Å². The third kappa shape index (κ3) is 3.98. The average Bonchev–Trinajstić information content (AvgIpc) is 3.21. The van der Waals surface area contributed by atoms with E-state index in [1.807, 2.05) is 36.5 Å². The zero-order chi connectivity index (χ0) is 18.6. The van der Waals surface area contributed by atoms with Crippen LogP contribution in [0.25, 0.3) is 5.69 Å². The average molecular weight is 371 g/mol.